The largest absolute Gasteiger partial charge is 0.493 e. The van der Waals surface area contributed by atoms with Crippen molar-refractivity contribution in [3.63, 3.8) is 0 Å². The number of thiazole rings is 1. The van der Waals surface area contributed by atoms with Crippen LogP contribution in [0.2, 0.25) is 0 Å². The molecule has 32 heavy (non-hydrogen) atoms. The molecular formula is C24H22N4O3S. The molecule has 1 aliphatic heterocycles. The van der Waals surface area contributed by atoms with Crippen LogP contribution in [-0.2, 0) is 4.79 Å². The Kier molecular flexibility index (Phi) is 5.14. The van der Waals surface area contributed by atoms with Crippen LogP contribution in [0.15, 0.2) is 55.1 Å². The summed E-state index contributed by atoms with van der Waals surface area (Å²) in [5.74, 6) is 1.72. The number of anilines is 1. The van der Waals surface area contributed by atoms with Gasteiger partial charge in [0.1, 0.15) is 12.4 Å². The lowest BCUT2D eigenvalue weighted by atomic mass is 9.85. The molecule has 1 amide bonds. The predicted molar refractivity (Wildman–Crippen MR) is 125 cm³/mol. The Balaban J connectivity index is 1.59. The Morgan fingerprint density at radius 2 is 2.12 bits per heavy atom. The molecule has 0 saturated heterocycles. The zero-order chi connectivity index (χ0) is 22.2. The van der Waals surface area contributed by atoms with Crippen LogP contribution in [0.4, 0.5) is 5.82 Å². The maximum absolute atomic E-state index is 12.7. The fourth-order valence-electron chi connectivity index (χ4n) is 4.09. The third kappa shape index (κ3) is 3.42. The molecule has 0 saturated carbocycles. The van der Waals surface area contributed by atoms with Crippen LogP contribution >= 0.6 is 11.3 Å². The molecule has 162 valence electrons. The van der Waals surface area contributed by atoms with Gasteiger partial charge in [-0.25, -0.2) is 4.98 Å². The van der Waals surface area contributed by atoms with Gasteiger partial charge < -0.3 is 14.8 Å². The number of carbonyl (C=O) groups excluding carboxylic acids is 1. The highest BCUT2D eigenvalue weighted by Gasteiger charge is 2.33. The monoisotopic (exact) mass is 446 g/mol. The van der Waals surface area contributed by atoms with E-state index in [0.717, 1.165) is 32.2 Å². The molecule has 4 aromatic rings. The molecule has 0 spiro atoms. The normalized spacial score (nSPS) is 15.3. The molecule has 1 atom stereocenters. The molecule has 0 fully saturated rings. The van der Waals surface area contributed by atoms with Gasteiger partial charge in [-0.05, 0) is 36.8 Å². The van der Waals surface area contributed by atoms with Gasteiger partial charge in [-0.1, -0.05) is 42.2 Å². The van der Waals surface area contributed by atoms with Gasteiger partial charge >= 0.3 is 0 Å². The number of hydrogen-bond acceptors (Lipinski definition) is 6. The average molecular weight is 447 g/mol. The third-order valence-corrected chi connectivity index (χ3v) is 6.52. The molecule has 2 aromatic heterocycles. The van der Waals surface area contributed by atoms with Crippen molar-refractivity contribution in [2.45, 2.75) is 19.3 Å². The van der Waals surface area contributed by atoms with E-state index in [1.807, 2.05) is 49.4 Å². The Hall–Kier alpha value is -3.65. The van der Waals surface area contributed by atoms with Gasteiger partial charge in [0, 0.05) is 17.9 Å². The number of aryl methyl sites for hydroxylation is 1. The van der Waals surface area contributed by atoms with E-state index >= 15 is 0 Å². The third-order valence-electron chi connectivity index (χ3n) is 5.51. The summed E-state index contributed by atoms with van der Waals surface area (Å²) in [6.07, 6.45) is 2.01. The number of aromatic nitrogens is 3. The van der Waals surface area contributed by atoms with Gasteiger partial charge in [0.05, 0.1) is 23.0 Å². The molecule has 0 unspecified atom stereocenters. The summed E-state index contributed by atoms with van der Waals surface area (Å²) in [5, 5.41) is 8.50. The van der Waals surface area contributed by atoms with E-state index in [9.17, 15) is 4.79 Å². The Bertz CT molecular complexity index is 1310. The lowest BCUT2D eigenvalue weighted by Gasteiger charge is -2.24. The van der Waals surface area contributed by atoms with Crippen molar-refractivity contribution in [1.82, 2.24) is 14.8 Å². The molecule has 0 radical (unpaired) electrons. The predicted octanol–water partition coefficient (Wildman–Crippen LogP) is 4.84. The zero-order valence-electron chi connectivity index (χ0n) is 17.8. The number of amides is 1. The quantitative estimate of drug-likeness (QED) is 0.429. The molecule has 7 nitrogen and oxygen atoms in total. The fraction of sp³-hybridized carbons (Fsp3) is 0.208. The lowest BCUT2D eigenvalue weighted by molar-refractivity contribution is -0.116. The molecule has 5 rings (SSSR count). The molecular weight excluding hydrogens is 424 g/mol. The van der Waals surface area contributed by atoms with Crippen LogP contribution in [0.25, 0.3) is 15.3 Å². The first kappa shape index (κ1) is 20.3. The topological polar surface area (TPSA) is 78.3 Å². The average Bonchev–Trinajstić information content (AvgIpc) is 3.38. The van der Waals surface area contributed by atoms with Crippen molar-refractivity contribution in [2.24, 2.45) is 0 Å². The van der Waals surface area contributed by atoms with Crippen molar-refractivity contribution >= 4 is 33.3 Å². The minimum Gasteiger partial charge on any atom is -0.493 e. The summed E-state index contributed by atoms with van der Waals surface area (Å²) >= 11 is 1.54. The molecule has 0 bridgehead atoms. The van der Waals surface area contributed by atoms with Crippen LogP contribution < -0.4 is 14.8 Å². The smallest absolute Gasteiger partial charge is 0.226 e. The standard InChI is InChI=1S/C24H22N4O3S/c1-4-11-31-18-10-9-15(12-19(18)30-3)16-13-21(29)26-23-22(16)14(2)27-28(23)24-25-17-7-5-6-8-20(17)32-24/h4-10,12,16H,1,11,13H2,2-3H3,(H,26,29)/t16-/m1/s1. The lowest BCUT2D eigenvalue weighted by Crippen LogP contribution is -2.25. The van der Waals surface area contributed by atoms with Crippen LogP contribution in [0.3, 0.4) is 0 Å². The molecule has 8 heteroatoms. The number of nitrogens with one attached hydrogen (secondary N) is 1. The van der Waals surface area contributed by atoms with Crippen molar-refractivity contribution in [3.05, 3.63) is 71.9 Å². The van der Waals surface area contributed by atoms with Gasteiger partial charge in [-0.2, -0.15) is 9.78 Å². The highest BCUT2D eigenvalue weighted by molar-refractivity contribution is 7.20. The molecule has 1 aliphatic rings. The first-order valence-corrected chi connectivity index (χ1v) is 11.1. The Morgan fingerprint density at radius 3 is 2.91 bits per heavy atom. The van der Waals surface area contributed by atoms with E-state index < -0.39 is 0 Å². The summed E-state index contributed by atoms with van der Waals surface area (Å²) in [5.41, 5.74) is 3.73. The zero-order valence-corrected chi connectivity index (χ0v) is 18.6. The fourth-order valence-corrected chi connectivity index (χ4v) is 5.01. The summed E-state index contributed by atoms with van der Waals surface area (Å²) in [6.45, 7) is 6.04. The maximum atomic E-state index is 12.7. The highest BCUT2D eigenvalue weighted by atomic mass is 32.1. The maximum Gasteiger partial charge on any atom is 0.226 e. The van der Waals surface area contributed by atoms with Crippen molar-refractivity contribution in [2.75, 3.05) is 19.0 Å². The van der Waals surface area contributed by atoms with Crippen LogP contribution in [-0.4, -0.2) is 34.4 Å². The van der Waals surface area contributed by atoms with Crippen molar-refractivity contribution in [3.8, 4) is 16.6 Å². The summed E-state index contributed by atoms with van der Waals surface area (Å²) in [7, 11) is 1.61. The number of fused-ring (bicyclic) bond motifs is 2. The van der Waals surface area contributed by atoms with Crippen LogP contribution in [0, 0.1) is 6.92 Å². The second-order valence-corrected chi connectivity index (χ2v) is 8.55. The first-order valence-electron chi connectivity index (χ1n) is 10.3. The minimum atomic E-state index is -0.149. The minimum absolute atomic E-state index is 0.0595. The molecule has 3 heterocycles. The Labute approximate surface area is 189 Å². The highest BCUT2D eigenvalue weighted by Crippen LogP contribution is 2.43. The van der Waals surface area contributed by atoms with Crippen molar-refractivity contribution < 1.29 is 14.3 Å². The van der Waals surface area contributed by atoms with E-state index in [-0.39, 0.29) is 11.8 Å². The summed E-state index contributed by atoms with van der Waals surface area (Å²) < 4.78 is 14.0. The van der Waals surface area contributed by atoms with Gasteiger partial charge in [-0.3, -0.25) is 4.79 Å². The number of rotatable bonds is 6. The summed E-state index contributed by atoms with van der Waals surface area (Å²) in [6, 6.07) is 13.7. The van der Waals surface area contributed by atoms with E-state index in [2.05, 4.69) is 11.9 Å². The number of benzene rings is 2. The van der Waals surface area contributed by atoms with E-state index in [1.54, 1.807) is 29.2 Å². The second-order valence-electron chi connectivity index (χ2n) is 7.54. The number of methoxy groups -OCH3 is 1. The molecule has 0 aliphatic carbocycles. The first-order chi connectivity index (χ1) is 15.6. The molecule has 1 N–H and O–H groups in total. The second kappa shape index (κ2) is 8.12. The van der Waals surface area contributed by atoms with Gasteiger partial charge in [0.15, 0.2) is 11.5 Å². The summed E-state index contributed by atoms with van der Waals surface area (Å²) in [4.78, 5) is 17.4. The van der Waals surface area contributed by atoms with E-state index in [0.29, 0.717) is 30.3 Å². The van der Waals surface area contributed by atoms with Gasteiger partial charge in [0.2, 0.25) is 11.0 Å². The van der Waals surface area contributed by atoms with Crippen molar-refractivity contribution in [1.29, 1.82) is 0 Å². The van der Waals surface area contributed by atoms with E-state index in [4.69, 9.17) is 19.6 Å². The SMILES string of the molecule is C=CCOc1ccc([C@H]2CC(=O)Nc3c2c(C)nn3-c2nc3ccccc3s2)cc1OC. The number of ether oxygens (including phenoxy) is 2. The number of hydrogen-bond donors (Lipinski definition) is 1. The van der Waals surface area contributed by atoms with Gasteiger partial charge in [0.25, 0.3) is 0 Å². The number of carbonyl (C=O) groups is 1. The van der Waals surface area contributed by atoms with Crippen LogP contribution in [0.1, 0.15) is 29.2 Å². The van der Waals surface area contributed by atoms with Crippen LogP contribution in [0.5, 0.6) is 11.5 Å². The number of para-hydroxylation sites is 1. The molecule has 2 aromatic carbocycles. The van der Waals surface area contributed by atoms with E-state index in [1.165, 1.54) is 0 Å². The number of nitrogens with zero attached hydrogens (tertiary/aromatic N) is 3. The van der Waals surface area contributed by atoms with Gasteiger partial charge in [-0.15, -0.1) is 0 Å². The Morgan fingerprint density at radius 1 is 1.28 bits per heavy atom.